The van der Waals surface area contributed by atoms with E-state index in [4.69, 9.17) is 16.3 Å². The third kappa shape index (κ3) is 3.70. The van der Waals surface area contributed by atoms with E-state index in [0.29, 0.717) is 23.6 Å². The fourth-order valence-electron chi connectivity index (χ4n) is 2.52. The van der Waals surface area contributed by atoms with Gasteiger partial charge in [-0.05, 0) is 48.9 Å². The van der Waals surface area contributed by atoms with Crippen LogP contribution in [0.3, 0.4) is 0 Å². The van der Waals surface area contributed by atoms with Gasteiger partial charge >= 0.3 is 0 Å². The molecule has 2 aromatic rings. The highest BCUT2D eigenvalue weighted by Gasteiger charge is 2.37. The van der Waals surface area contributed by atoms with E-state index in [1.165, 1.54) is 24.3 Å². The fraction of sp³-hybridized carbons (Fsp3) is 0.158. The summed E-state index contributed by atoms with van der Waals surface area (Å²) in [7, 11) is 0. The summed E-state index contributed by atoms with van der Waals surface area (Å²) in [6.45, 7) is 2.45. The molecule has 1 N–H and O–H groups in total. The van der Waals surface area contributed by atoms with Crippen molar-refractivity contribution < 1.29 is 18.7 Å². The van der Waals surface area contributed by atoms with E-state index < -0.39 is 11.8 Å². The molecule has 0 atom stereocenters. The van der Waals surface area contributed by atoms with E-state index in [0.717, 1.165) is 4.90 Å². The molecule has 2 aromatic carbocycles. The van der Waals surface area contributed by atoms with Crippen molar-refractivity contribution in [3.05, 3.63) is 70.6 Å². The number of carbonyl (C=O) groups excluding carboxylic acids is 2. The zero-order valence-corrected chi connectivity index (χ0v) is 14.7. The second kappa shape index (κ2) is 7.58. The quantitative estimate of drug-likeness (QED) is 0.784. The number of nitrogens with zero attached hydrogens (tertiary/aromatic N) is 1. The number of benzene rings is 2. The van der Waals surface area contributed by atoms with Crippen molar-refractivity contribution >= 4 is 29.1 Å². The van der Waals surface area contributed by atoms with Gasteiger partial charge in [0.05, 0.1) is 13.2 Å². The van der Waals surface area contributed by atoms with Crippen LogP contribution in [0, 0.1) is 5.82 Å². The van der Waals surface area contributed by atoms with E-state index in [1.54, 1.807) is 24.3 Å². The van der Waals surface area contributed by atoms with Gasteiger partial charge in [0.1, 0.15) is 22.3 Å². The van der Waals surface area contributed by atoms with Gasteiger partial charge in [-0.2, -0.15) is 0 Å². The summed E-state index contributed by atoms with van der Waals surface area (Å²) >= 11 is 6.06. The van der Waals surface area contributed by atoms with Crippen LogP contribution in [-0.2, 0) is 16.1 Å². The highest BCUT2D eigenvalue weighted by molar-refractivity contribution is 6.48. The predicted octanol–water partition coefficient (Wildman–Crippen LogP) is 3.66. The molecule has 0 radical (unpaired) electrons. The van der Waals surface area contributed by atoms with Crippen molar-refractivity contribution in [3.63, 3.8) is 0 Å². The fourth-order valence-corrected chi connectivity index (χ4v) is 2.75. The molecule has 3 rings (SSSR count). The van der Waals surface area contributed by atoms with Crippen LogP contribution >= 0.6 is 11.6 Å². The Hall–Kier alpha value is -2.86. The van der Waals surface area contributed by atoms with Gasteiger partial charge in [-0.3, -0.25) is 14.5 Å². The molecular formula is C19H16ClFN2O3. The second-order valence-corrected chi connectivity index (χ2v) is 5.97. The Balaban J connectivity index is 1.74. The van der Waals surface area contributed by atoms with Crippen LogP contribution < -0.4 is 10.1 Å². The maximum Gasteiger partial charge on any atom is 0.279 e. The molecule has 0 fully saturated rings. The molecule has 0 aromatic heterocycles. The first-order valence-electron chi connectivity index (χ1n) is 8.00. The number of amides is 2. The van der Waals surface area contributed by atoms with E-state index in [2.05, 4.69) is 5.32 Å². The molecule has 1 heterocycles. The smallest absolute Gasteiger partial charge is 0.279 e. The van der Waals surface area contributed by atoms with Crippen LogP contribution in [0.4, 0.5) is 10.1 Å². The monoisotopic (exact) mass is 374 g/mol. The highest BCUT2D eigenvalue weighted by Crippen LogP contribution is 2.27. The number of anilines is 1. The maximum atomic E-state index is 13.0. The number of hydrogen-bond donors (Lipinski definition) is 1. The Morgan fingerprint density at radius 1 is 1.04 bits per heavy atom. The third-order valence-electron chi connectivity index (χ3n) is 3.80. The van der Waals surface area contributed by atoms with Crippen molar-refractivity contribution in [2.45, 2.75) is 13.5 Å². The normalized spacial score (nSPS) is 14.2. The lowest BCUT2D eigenvalue weighted by molar-refractivity contribution is -0.138. The molecule has 2 amide bonds. The molecule has 0 saturated heterocycles. The zero-order chi connectivity index (χ0) is 18.7. The summed E-state index contributed by atoms with van der Waals surface area (Å²) in [5.41, 5.74) is 1.24. The number of rotatable bonds is 6. The van der Waals surface area contributed by atoms with Crippen LogP contribution in [0.2, 0.25) is 0 Å². The average molecular weight is 375 g/mol. The average Bonchev–Trinajstić information content (AvgIpc) is 2.83. The number of nitrogens with one attached hydrogen (secondary N) is 1. The molecule has 0 bridgehead atoms. The van der Waals surface area contributed by atoms with Crippen LogP contribution in [0.25, 0.3) is 0 Å². The molecule has 26 heavy (non-hydrogen) atoms. The first kappa shape index (κ1) is 17.9. The van der Waals surface area contributed by atoms with Crippen molar-refractivity contribution in [2.24, 2.45) is 0 Å². The summed E-state index contributed by atoms with van der Waals surface area (Å²) in [4.78, 5) is 25.9. The maximum absolute atomic E-state index is 13.0. The molecule has 5 nitrogen and oxygen atoms in total. The third-order valence-corrected chi connectivity index (χ3v) is 4.15. The summed E-state index contributed by atoms with van der Waals surface area (Å²) in [5, 5.41) is 2.71. The van der Waals surface area contributed by atoms with E-state index in [1.807, 2.05) is 6.92 Å². The number of halogens is 2. The number of hydrogen-bond acceptors (Lipinski definition) is 4. The Kier molecular flexibility index (Phi) is 5.23. The first-order chi connectivity index (χ1) is 12.5. The van der Waals surface area contributed by atoms with Gasteiger partial charge in [0.2, 0.25) is 0 Å². The Morgan fingerprint density at radius 3 is 2.31 bits per heavy atom. The summed E-state index contributed by atoms with van der Waals surface area (Å²) in [5.74, 6) is -0.806. The lowest BCUT2D eigenvalue weighted by Crippen LogP contribution is -2.31. The zero-order valence-electron chi connectivity index (χ0n) is 14.0. The van der Waals surface area contributed by atoms with Gasteiger partial charge in [0.25, 0.3) is 11.8 Å². The Bertz CT molecular complexity index is 863. The summed E-state index contributed by atoms with van der Waals surface area (Å²) < 4.78 is 18.4. The van der Waals surface area contributed by atoms with E-state index in [9.17, 15) is 14.0 Å². The van der Waals surface area contributed by atoms with Crippen molar-refractivity contribution in [1.29, 1.82) is 0 Å². The summed E-state index contributed by atoms with van der Waals surface area (Å²) in [6.07, 6.45) is 0. The van der Waals surface area contributed by atoms with Crippen molar-refractivity contribution in [2.75, 3.05) is 11.9 Å². The summed E-state index contributed by atoms with van der Waals surface area (Å²) in [6, 6.07) is 12.5. The van der Waals surface area contributed by atoms with Crippen molar-refractivity contribution in [3.8, 4) is 5.75 Å². The molecule has 0 spiro atoms. The number of imide groups is 1. The molecular weight excluding hydrogens is 359 g/mol. The van der Waals surface area contributed by atoms with E-state index >= 15 is 0 Å². The molecule has 7 heteroatoms. The Morgan fingerprint density at radius 2 is 1.69 bits per heavy atom. The van der Waals surface area contributed by atoms with Gasteiger partial charge in [0, 0.05) is 5.69 Å². The highest BCUT2D eigenvalue weighted by atomic mass is 35.5. The molecule has 0 saturated carbocycles. The minimum atomic E-state index is -0.588. The largest absolute Gasteiger partial charge is 0.494 e. The van der Waals surface area contributed by atoms with Crippen LogP contribution in [0.5, 0.6) is 5.75 Å². The lowest BCUT2D eigenvalue weighted by Gasteiger charge is -2.15. The second-order valence-electron chi connectivity index (χ2n) is 5.59. The van der Waals surface area contributed by atoms with Gasteiger partial charge in [0.15, 0.2) is 0 Å². The number of carbonyl (C=O) groups is 2. The molecule has 1 aliphatic rings. The van der Waals surface area contributed by atoms with Gasteiger partial charge < -0.3 is 10.1 Å². The SMILES string of the molecule is CCOc1ccc(NC2=C(Cl)C(=O)N(Cc3ccc(F)cc3)C2=O)cc1. The molecule has 134 valence electrons. The molecule has 0 aliphatic carbocycles. The van der Waals surface area contributed by atoms with Crippen LogP contribution in [0.1, 0.15) is 12.5 Å². The topological polar surface area (TPSA) is 58.6 Å². The van der Waals surface area contributed by atoms with Gasteiger partial charge in [-0.1, -0.05) is 23.7 Å². The minimum Gasteiger partial charge on any atom is -0.494 e. The van der Waals surface area contributed by atoms with Crippen LogP contribution in [-0.4, -0.2) is 23.3 Å². The molecule has 1 aliphatic heterocycles. The Labute approximate surface area is 155 Å². The minimum absolute atomic E-state index is 0.0165. The first-order valence-corrected chi connectivity index (χ1v) is 8.37. The van der Waals surface area contributed by atoms with E-state index in [-0.39, 0.29) is 23.1 Å². The molecule has 0 unspecified atom stereocenters. The van der Waals surface area contributed by atoms with Crippen molar-refractivity contribution in [1.82, 2.24) is 4.90 Å². The van der Waals surface area contributed by atoms with Crippen LogP contribution in [0.15, 0.2) is 59.3 Å². The predicted molar refractivity (Wildman–Crippen MR) is 96.1 cm³/mol. The number of ether oxygens (including phenoxy) is 1. The lowest BCUT2D eigenvalue weighted by atomic mass is 10.2. The van der Waals surface area contributed by atoms with Gasteiger partial charge in [-0.25, -0.2) is 4.39 Å². The van der Waals surface area contributed by atoms with Gasteiger partial charge in [-0.15, -0.1) is 0 Å². The standard InChI is InChI=1S/C19H16ClFN2O3/c1-2-26-15-9-7-14(8-10-15)22-17-16(20)18(24)23(19(17)25)11-12-3-5-13(21)6-4-12/h3-10,22H,2,11H2,1H3.